The van der Waals surface area contributed by atoms with Crippen LogP contribution in [0.25, 0.3) is 0 Å². The monoisotopic (exact) mass is 200 g/mol. The van der Waals surface area contributed by atoms with Crippen molar-refractivity contribution in [2.75, 3.05) is 0 Å². The molecule has 0 aliphatic rings. The Kier molecular flexibility index (Phi) is 13.0. The van der Waals surface area contributed by atoms with Gasteiger partial charge in [-0.2, -0.15) is 6.42 Å². The summed E-state index contributed by atoms with van der Waals surface area (Å²) in [5, 5.41) is 0. The number of hydrogen-bond donors (Lipinski definition) is 0. The largest absolute Gasteiger partial charge is 2.00 e. The first-order chi connectivity index (χ1) is 3.12. The van der Waals surface area contributed by atoms with Gasteiger partial charge in [0.25, 0.3) is 0 Å². The van der Waals surface area contributed by atoms with Gasteiger partial charge in [0, 0.05) is 0 Å². The van der Waals surface area contributed by atoms with Crippen LogP contribution in [0.5, 0.6) is 0 Å². The fraction of sp³-hybridized carbons (Fsp3) is 0.571. The minimum absolute atomic E-state index is 0. The van der Waals surface area contributed by atoms with E-state index in [-0.39, 0.29) is 45.4 Å². The van der Waals surface area contributed by atoms with Crippen LogP contribution in [0.3, 0.4) is 0 Å². The van der Waals surface area contributed by atoms with Crippen LogP contribution in [0.15, 0.2) is 12.7 Å². The summed E-state index contributed by atoms with van der Waals surface area (Å²) in [7, 11) is 0. The zero-order valence-electron chi connectivity index (χ0n) is 6.28. The molecule has 0 unspecified atom stereocenters. The summed E-state index contributed by atoms with van der Waals surface area (Å²) < 4.78 is 0. The van der Waals surface area contributed by atoms with Crippen molar-refractivity contribution in [3.63, 3.8) is 0 Å². The Balaban J connectivity index is -0.000000180. The minimum Gasteiger partial charge on any atom is -1.00 e. The van der Waals surface area contributed by atoms with Crippen LogP contribution in [0.2, 0.25) is 0 Å². The second-order valence-electron chi connectivity index (χ2n) is 2.44. The third-order valence-electron chi connectivity index (χ3n) is 1.20. The van der Waals surface area contributed by atoms with Gasteiger partial charge < -0.3 is 23.9 Å². The van der Waals surface area contributed by atoms with Crippen molar-refractivity contribution in [3.05, 3.63) is 19.6 Å². The van der Waals surface area contributed by atoms with Gasteiger partial charge in [-0.3, -0.25) is 0 Å². The summed E-state index contributed by atoms with van der Waals surface area (Å²) in [6.07, 6.45) is 2.86. The predicted molar refractivity (Wildman–Crippen MR) is 39.7 cm³/mol. The van der Waals surface area contributed by atoms with Gasteiger partial charge in [-0.15, -0.1) is 6.58 Å². The van der Waals surface area contributed by atoms with Gasteiger partial charge in [0.1, 0.15) is 0 Å². The van der Waals surface area contributed by atoms with E-state index in [2.05, 4.69) is 27.4 Å². The van der Waals surface area contributed by atoms with Crippen molar-refractivity contribution in [3.8, 4) is 0 Å². The first kappa shape index (κ1) is 16.5. The summed E-state index contributed by atoms with van der Waals surface area (Å²) in [5.41, 5.74) is 0.236. The van der Waals surface area contributed by atoms with Crippen molar-refractivity contribution in [2.24, 2.45) is 5.41 Å². The van der Waals surface area contributed by atoms with E-state index in [0.717, 1.165) is 6.42 Å². The van der Waals surface area contributed by atoms with E-state index < -0.39 is 0 Å². The molecule has 0 aliphatic heterocycles. The van der Waals surface area contributed by atoms with Crippen LogP contribution in [0, 0.1) is 12.3 Å². The molecule has 0 heterocycles. The Hall–Kier alpha value is 0.986. The van der Waals surface area contributed by atoms with Gasteiger partial charge >= 0.3 is 23.1 Å². The smallest absolute Gasteiger partial charge is 1.00 e. The van der Waals surface area contributed by atoms with Crippen LogP contribution in [-0.4, -0.2) is 23.1 Å². The molecule has 0 fully saturated rings. The van der Waals surface area contributed by atoms with E-state index in [4.69, 9.17) is 0 Å². The molecule has 0 atom stereocenters. The first-order valence-electron chi connectivity index (χ1n) is 2.55. The van der Waals surface area contributed by atoms with Crippen molar-refractivity contribution in [1.82, 2.24) is 0 Å². The predicted octanol–water partition coefficient (Wildman–Crippen LogP) is -0.954. The average molecular weight is 201 g/mol. The molecule has 0 aromatic rings. The Morgan fingerprint density at radius 1 is 1.56 bits per heavy atom. The zero-order chi connectivity index (χ0) is 5.91. The van der Waals surface area contributed by atoms with Gasteiger partial charge in [-0.25, -0.2) is 0 Å². The summed E-state index contributed by atoms with van der Waals surface area (Å²) in [6.45, 7) is 11.7. The van der Waals surface area contributed by atoms with Gasteiger partial charge in [-0.1, -0.05) is 19.9 Å². The van der Waals surface area contributed by atoms with Crippen molar-refractivity contribution in [2.45, 2.75) is 20.3 Å². The zero-order valence-corrected chi connectivity index (χ0v) is 9.28. The molecule has 0 nitrogen and oxygen atoms in total. The molecule has 0 rings (SSSR count). The fourth-order valence-electron chi connectivity index (χ4n) is 0.102. The molecule has 0 saturated heterocycles. The summed E-state index contributed by atoms with van der Waals surface area (Å²) in [4.78, 5) is 0. The number of halogens is 1. The second kappa shape index (κ2) is 7.10. The molecule has 0 amide bonds. The second-order valence-corrected chi connectivity index (χ2v) is 2.44. The van der Waals surface area contributed by atoms with Gasteiger partial charge in [0.15, 0.2) is 0 Å². The van der Waals surface area contributed by atoms with Crippen LogP contribution in [-0.2, 0) is 0 Å². The molecule has 0 spiro atoms. The van der Waals surface area contributed by atoms with E-state index in [9.17, 15) is 0 Å². The molecule has 2 heteroatoms. The molecule has 50 valence electrons. The average Bonchev–Trinajstić information content (AvgIpc) is 1.68. The maximum atomic E-state index is 3.76. The summed E-state index contributed by atoms with van der Waals surface area (Å²) in [5.74, 6) is 0. The third-order valence-corrected chi connectivity index (χ3v) is 1.20. The first-order valence-corrected chi connectivity index (χ1v) is 2.55. The molecule has 0 saturated carbocycles. The molecule has 0 aromatic carbocycles. The van der Waals surface area contributed by atoms with E-state index in [1.54, 1.807) is 0 Å². The normalized spacial score (nSPS) is 8.78. The topological polar surface area (TPSA) is 0 Å². The summed E-state index contributed by atoms with van der Waals surface area (Å²) in [6, 6.07) is 0. The minimum atomic E-state index is 0. The molecule has 9 heavy (non-hydrogen) atoms. The molecule has 0 bridgehead atoms. The quantitative estimate of drug-likeness (QED) is 0.307. The third kappa shape index (κ3) is 8.99. The number of rotatable bonds is 2. The van der Waals surface area contributed by atoms with E-state index in [1.165, 1.54) is 0 Å². The molecule has 0 aliphatic carbocycles. The van der Waals surface area contributed by atoms with Crippen LogP contribution in [0.1, 0.15) is 20.3 Å². The van der Waals surface area contributed by atoms with E-state index >= 15 is 0 Å². The Labute approximate surface area is 85.0 Å². The Morgan fingerprint density at radius 3 is 1.89 bits per heavy atom. The van der Waals surface area contributed by atoms with Crippen LogP contribution in [0.4, 0.5) is 0 Å². The summed E-state index contributed by atoms with van der Waals surface area (Å²) >= 11 is 0. The fourth-order valence-corrected chi connectivity index (χ4v) is 0.102. The van der Waals surface area contributed by atoms with Crippen molar-refractivity contribution < 1.29 is 17.0 Å². The molecule has 0 radical (unpaired) electrons. The van der Waals surface area contributed by atoms with Gasteiger partial charge in [0.05, 0.1) is 0 Å². The Bertz CT molecular complexity index is 69.3. The van der Waals surface area contributed by atoms with Gasteiger partial charge in [-0.05, 0) is 5.41 Å². The van der Waals surface area contributed by atoms with Crippen LogP contribution < -0.4 is 17.0 Å². The molecular weight excluding hydrogens is 188 g/mol. The maximum Gasteiger partial charge on any atom is 2.00 e. The van der Waals surface area contributed by atoms with Gasteiger partial charge in [0.2, 0.25) is 0 Å². The van der Waals surface area contributed by atoms with Crippen molar-refractivity contribution >= 4 is 23.1 Å². The van der Waals surface area contributed by atoms with Crippen molar-refractivity contribution in [1.29, 1.82) is 0 Å². The number of hydrogen-bond acceptors (Lipinski definition) is 0. The van der Waals surface area contributed by atoms with Crippen LogP contribution >= 0.6 is 0 Å². The Morgan fingerprint density at radius 2 is 1.89 bits per heavy atom. The molecule has 0 N–H and O–H groups in total. The SMILES string of the molecule is C=CC(C)(C)C[CH2-].[Br-].[Mg+2]. The maximum absolute atomic E-state index is 3.76. The van der Waals surface area contributed by atoms with E-state index in [1.807, 2.05) is 6.08 Å². The molecular formula is C7H13BrMg. The number of allylic oxidation sites excluding steroid dienone is 1. The standard InChI is InChI=1S/C7H13.BrH.Mg/c1-5-7(3,4)6-2;;/h5H,1-2,6H2,3-4H3;1H;/q-1;;+2/p-1. The van der Waals surface area contributed by atoms with E-state index in [0.29, 0.717) is 0 Å². The molecule has 0 aromatic heterocycles.